The van der Waals surface area contributed by atoms with Crippen LogP contribution in [0.1, 0.15) is 44.2 Å². The highest BCUT2D eigenvalue weighted by molar-refractivity contribution is 5.78. The van der Waals surface area contributed by atoms with E-state index in [4.69, 9.17) is 9.15 Å². The predicted octanol–water partition coefficient (Wildman–Crippen LogP) is 5.20. The van der Waals surface area contributed by atoms with E-state index in [2.05, 4.69) is 24.5 Å². The fourth-order valence-corrected chi connectivity index (χ4v) is 3.11. The van der Waals surface area contributed by atoms with Gasteiger partial charge >= 0.3 is 6.03 Å². The maximum atomic E-state index is 12.6. The number of hydrogen-bond acceptors (Lipinski definition) is 3. The van der Waals surface area contributed by atoms with E-state index in [9.17, 15) is 4.79 Å². The van der Waals surface area contributed by atoms with Crippen LogP contribution in [0.2, 0.25) is 0 Å². The van der Waals surface area contributed by atoms with Crippen molar-refractivity contribution >= 4 is 17.0 Å². The summed E-state index contributed by atoms with van der Waals surface area (Å²) in [5, 5.41) is 7.07. The molecule has 0 bridgehead atoms. The molecule has 0 fully saturated rings. The molecule has 2 amide bonds. The normalized spacial score (nSPS) is 13.4. The van der Waals surface area contributed by atoms with Crippen LogP contribution in [0.25, 0.3) is 11.0 Å². The second-order valence-corrected chi connectivity index (χ2v) is 7.02. The van der Waals surface area contributed by atoms with Crippen LogP contribution in [-0.4, -0.2) is 13.1 Å². The van der Waals surface area contributed by atoms with Crippen molar-refractivity contribution in [3.8, 4) is 5.75 Å². The highest BCUT2D eigenvalue weighted by Crippen LogP contribution is 2.25. The van der Waals surface area contributed by atoms with E-state index in [0.717, 1.165) is 28.0 Å². The van der Waals surface area contributed by atoms with Gasteiger partial charge in [0.05, 0.1) is 19.2 Å². The molecule has 2 atom stereocenters. The minimum atomic E-state index is -0.235. The Hall–Kier alpha value is -2.95. The summed E-state index contributed by atoms with van der Waals surface area (Å²) in [6.45, 7) is 6.07. The molecule has 3 aromatic rings. The average molecular weight is 366 g/mol. The van der Waals surface area contributed by atoms with E-state index < -0.39 is 0 Å². The molecule has 5 nitrogen and oxygen atoms in total. The van der Waals surface area contributed by atoms with Gasteiger partial charge in [-0.2, -0.15) is 0 Å². The SMILES string of the molecule is COc1ccc([C@@H](NC(=O)N[C@H](C)c2cc3ccccc3o2)C(C)C)cc1. The summed E-state index contributed by atoms with van der Waals surface area (Å²) >= 11 is 0. The molecule has 0 radical (unpaired) electrons. The standard InChI is InChI=1S/C22H26N2O3/c1-14(2)21(16-9-11-18(26-4)12-10-16)24-22(25)23-15(3)20-13-17-7-5-6-8-19(17)27-20/h5-15,21H,1-4H3,(H2,23,24,25)/t15-,21+/m1/s1. The molecule has 0 aliphatic rings. The summed E-state index contributed by atoms with van der Waals surface area (Å²) in [7, 11) is 1.64. The molecule has 0 aliphatic carbocycles. The fraction of sp³-hybridized carbons (Fsp3) is 0.318. The Bertz CT molecular complexity index is 866. The molecule has 5 heteroatoms. The molecule has 3 rings (SSSR count). The minimum absolute atomic E-state index is 0.0984. The van der Waals surface area contributed by atoms with Gasteiger partial charge in [0.2, 0.25) is 0 Å². The zero-order chi connectivity index (χ0) is 19.4. The smallest absolute Gasteiger partial charge is 0.315 e. The highest BCUT2D eigenvalue weighted by Gasteiger charge is 2.20. The Morgan fingerprint density at radius 1 is 1.00 bits per heavy atom. The zero-order valence-corrected chi connectivity index (χ0v) is 16.2. The number of benzene rings is 2. The molecule has 2 aromatic carbocycles. The number of amides is 2. The second-order valence-electron chi connectivity index (χ2n) is 7.02. The number of furan rings is 1. The van der Waals surface area contributed by atoms with Crippen molar-refractivity contribution in [1.29, 1.82) is 0 Å². The molecule has 1 aromatic heterocycles. The molecule has 1 heterocycles. The predicted molar refractivity (Wildman–Crippen MR) is 107 cm³/mol. The largest absolute Gasteiger partial charge is 0.497 e. The van der Waals surface area contributed by atoms with Crippen LogP contribution in [0.15, 0.2) is 59.0 Å². The molecule has 0 unspecified atom stereocenters. The Kier molecular flexibility index (Phi) is 5.69. The summed E-state index contributed by atoms with van der Waals surface area (Å²) in [4.78, 5) is 12.6. The van der Waals surface area contributed by atoms with E-state index in [1.54, 1.807) is 7.11 Å². The second kappa shape index (κ2) is 8.16. The number of fused-ring (bicyclic) bond motifs is 1. The molecule has 0 aliphatic heterocycles. The monoisotopic (exact) mass is 366 g/mol. The molecular formula is C22H26N2O3. The van der Waals surface area contributed by atoms with Crippen molar-refractivity contribution < 1.29 is 13.9 Å². The lowest BCUT2D eigenvalue weighted by atomic mass is 9.96. The van der Waals surface area contributed by atoms with Crippen molar-refractivity contribution in [3.63, 3.8) is 0 Å². The van der Waals surface area contributed by atoms with Gasteiger partial charge in [-0.25, -0.2) is 4.79 Å². The van der Waals surface area contributed by atoms with E-state index in [1.165, 1.54) is 0 Å². The summed E-state index contributed by atoms with van der Waals surface area (Å²) in [5.41, 5.74) is 1.86. The summed E-state index contributed by atoms with van der Waals surface area (Å²) < 4.78 is 11.0. The number of ether oxygens (including phenoxy) is 1. The summed E-state index contributed by atoms with van der Waals surface area (Å²) in [5.74, 6) is 1.77. The van der Waals surface area contributed by atoms with Gasteiger partial charge in [0.25, 0.3) is 0 Å². The number of urea groups is 1. The van der Waals surface area contributed by atoms with E-state index >= 15 is 0 Å². The topological polar surface area (TPSA) is 63.5 Å². The van der Waals surface area contributed by atoms with Gasteiger partial charge in [-0.05, 0) is 42.7 Å². The third-order valence-corrected chi connectivity index (χ3v) is 4.65. The van der Waals surface area contributed by atoms with Crippen molar-refractivity contribution in [3.05, 3.63) is 65.9 Å². The van der Waals surface area contributed by atoms with Crippen LogP contribution in [-0.2, 0) is 0 Å². The van der Waals surface area contributed by atoms with Gasteiger partial charge in [0.1, 0.15) is 17.1 Å². The Morgan fingerprint density at radius 2 is 1.70 bits per heavy atom. The van der Waals surface area contributed by atoms with Gasteiger partial charge in [-0.3, -0.25) is 0 Å². The van der Waals surface area contributed by atoms with E-state index in [-0.39, 0.29) is 24.0 Å². The van der Waals surface area contributed by atoms with Crippen molar-refractivity contribution in [2.24, 2.45) is 5.92 Å². The number of methoxy groups -OCH3 is 1. The molecule has 2 N–H and O–H groups in total. The summed E-state index contributed by atoms with van der Waals surface area (Å²) in [6.07, 6.45) is 0. The van der Waals surface area contributed by atoms with E-state index in [1.807, 2.05) is 61.5 Å². The van der Waals surface area contributed by atoms with Crippen LogP contribution in [0.3, 0.4) is 0 Å². The lowest BCUT2D eigenvalue weighted by Gasteiger charge is -2.24. The molecule has 0 spiro atoms. The Labute approximate surface area is 159 Å². The number of para-hydroxylation sites is 1. The lowest BCUT2D eigenvalue weighted by molar-refractivity contribution is 0.228. The third kappa shape index (κ3) is 4.42. The quantitative estimate of drug-likeness (QED) is 0.630. The molecule has 0 saturated heterocycles. The first kappa shape index (κ1) is 18.8. The number of hydrogen-bond donors (Lipinski definition) is 2. The van der Waals surface area contributed by atoms with Crippen molar-refractivity contribution in [1.82, 2.24) is 10.6 Å². The maximum absolute atomic E-state index is 12.6. The highest BCUT2D eigenvalue weighted by atomic mass is 16.5. The lowest BCUT2D eigenvalue weighted by Crippen LogP contribution is -2.40. The van der Waals surface area contributed by atoms with E-state index in [0.29, 0.717) is 0 Å². The van der Waals surface area contributed by atoms with Crippen molar-refractivity contribution in [2.45, 2.75) is 32.9 Å². The van der Waals surface area contributed by atoms with Gasteiger partial charge in [0.15, 0.2) is 0 Å². The average Bonchev–Trinajstić information content (AvgIpc) is 3.10. The number of carbonyl (C=O) groups excluding carboxylic acids is 1. The van der Waals surface area contributed by atoms with Gasteiger partial charge in [0, 0.05) is 5.39 Å². The number of nitrogens with one attached hydrogen (secondary N) is 2. The first-order chi connectivity index (χ1) is 13.0. The van der Waals surface area contributed by atoms with Crippen LogP contribution in [0, 0.1) is 5.92 Å². The first-order valence-electron chi connectivity index (χ1n) is 9.17. The van der Waals surface area contributed by atoms with Gasteiger partial charge in [-0.15, -0.1) is 0 Å². The fourth-order valence-electron chi connectivity index (χ4n) is 3.11. The minimum Gasteiger partial charge on any atom is -0.497 e. The van der Waals surface area contributed by atoms with Crippen molar-refractivity contribution in [2.75, 3.05) is 7.11 Å². The molecule has 142 valence electrons. The van der Waals surface area contributed by atoms with Crippen LogP contribution < -0.4 is 15.4 Å². The first-order valence-corrected chi connectivity index (χ1v) is 9.17. The molecule has 27 heavy (non-hydrogen) atoms. The van der Waals surface area contributed by atoms with Gasteiger partial charge < -0.3 is 19.8 Å². The van der Waals surface area contributed by atoms with Crippen LogP contribution >= 0.6 is 0 Å². The van der Waals surface area contributed by atoms with Gasteiger partial charge in [-0.1, -0.05) is 44.2 Å². The Balaban J connectivity index is 1.68. The maximum Gasteiger partial charge on any atom is 0.315 e. The number of rotatable bonds is 6. The Morgan fingerprint density at radius 3 is 2.33 bits per heavy atom. The zero-order valence-electron chi connectivity index (χ0n) is 16.2. The molecule has 0 saturated carbocycles. The number of carbonyl (C=O) groups is 1. The van der Waals surface area contributed by atoms with Crippen LogP contribution in [0.4, 0.5) is 4.79 Å². The third-order valence-electron chi connectivity index (χ3n) is 4.65. The summed E-state index contributed by atoms with van der Waals surface area (Å²) in [6, 6.07) is 17.0. The van der Waals surface area contributed by atoms with Crippen LogP contribution in [0.5, 0.6) is 5.75 Å². The molecular weight excluding hydrogens is 340 g/mol.